The van der Waals surface area contributed by atoms with Crippen LogP contribution in [0, 0.1) is 6.92 Å². The maximum Gasteiger partial charge on any atom is 0.546 e. The summed E-state index contributed by atoms with van der Waals surface area (Å²) in [7, 11) is -2.37. The molecule has 0 radical (unpaired) electrons. The van der Waals surface area contributed by atoms with Crippen LogP contribution in [0.3, 0.4) is 0 Å². The van der Waals surface area contributed by atoms with Crippen LogP contribution >= 0.6 is 8.03 Å². The summed E-state index contributed by atoms with van der Waals surface area (Å²) >= 11 is 0. The van der Waals surface area contributed by atoms with Gasteiger partial charge in [0.25, 0.3) is 0 Å². The number of hydrogen-bond donors (Lipinski definition) is 2. The molecule has 3 N–H and O–H groups in total. The lowest BCUT2D eigenvalue weighted by Crippen LogP contribution is -2.17. The highest BCUT2D eigenvalue weighted by atomic mass is 31.1. The van der Waals surface area contributed by atoms with Gasteiger partial charge in [0.15, 0.2) is 0 Å². The number of nitrogens with two attached hydrogens (primary N) is 1. The third-order valence-corrected chi connectivity index (χ3v) is 4.07. The van der Waals surface area contributed by atoms with Crippen LogP contribution < -0.4 is 15.8 Å². The number of hydrogen-bond acceptors (Lipinski definition) is 3. The standard InChI is InChI=1S/C16H18NO3P/c1-11(17)10-13-6-8-14(9-7-13)20-15-4-3-5-16(12(15)2)21(18)19/h3-9,11H,10,17H2,1-2H3/p+1. The van der Waals surface area contributed by atoms with Crippen molar-refractivity contribution < 1.29 is 14.2 Å². The van der Waals surface area contributed by atoms with Crippen LogP contribution in [-0.2, 0) is 11.0 Å². The maximum absolute atomic E-state index is 11.3. The van der Waals surface area contributed by atoms with Gasteiger partial charge in [0.2, 0.25) is 5.30 Å². The Bertz CT molecular complexity index is 638. The molecule has 0 spiro atoms. The maximum atomic E-state index is 11.3. The first kappa shape index (κ1) is 15.6. The molecule has 0 aliphatic heterocycles. The van der Waals surface area contributed by atoms with Crippen molar-refractivity contribution >= 4 is 13.3 Å². The molecule has 0 bridgehead atoms. The van der Waals surface area contributed by atoms with Crippen molar-refractivity contribution in [2.75, 3.05) is 0 Å². The van der Waals surface area contributed by atoms with Gasteiger partial charge in [-0.25, -0.2) is 0 Å². The van der Waals surface area contributed by atoms with Crippen LogP contribution in [0.2, 0.25) is 0 Å². The molecule has 0 saturated heterocycles. The molecule has 0 heterocycles. The van der Waals surface area contributed by atoms with E-state index in [1.165, 1.54) is 0 Å². The lowest BCUT2D eigenvalue weighted by Gasteiger charge is -2.10. The molecule has 0 aliphatic carbocycles. The molecule has 110 valence electrons. The fourth-order valence-electron chi connectivity index (χ4n) is 2.11. The molecule has 0 saturated carbocycles. The Morgan fingerprint density at radius 2 is 1.90 bits per heavy atom. The summed E-state index contributed by atoms with van der Waals surface area (Å²) in [5.74, 6) is 1.28. The van der Waals surface area contributed by atoms with Crippen LogP contribution in [0.1, 0.15) is 18.1 Å². The van der Waals surface area contributed by atoms with Crippen LogP contribution in [0.15, 0.2) is 42.5 Å². The zero-order valence-electron chi connectivity index (χ0n) is 12.1. The largest absolute Gasteiger partial charge is 0.546 e. The average molecular weight is 304 g/mol. The van der Waals surface area contributed by atoms with Crippen molar-refractivity contribution in [1.82, 2.24) is 0 Å². The topological polar surface area (TPSA) is 72.5 Å². The second kappa shape index (κ2) is 6.81. The van der Waals surface area contributed by atoms with Crippen molar-refractivity contribution in [1.29, 1.82) is 0 Å². The molecule has 21 heavy (non-hydrogen) atoms. The smallest absolute Gasteiger partial charge is 0.457 e. The van der Waals surface area contributed by atoms with Gasteiger partial charge in [0, 0.05) is 11.6 Å². The molecule has 0 amide bonds. The number of rotatable bonds is 5. The zero-order valence-corrected chi connectivity index (χ0v) is 13.0. The third kappa shape index (κ3) is 4.11. The monoisotopic (exact) mass is 304 g/mol. The summed E-state index contributed by atoms with van der Waals surface area (Å²) in [5.41, 5.74) is 7.60. The molecule has 0 aromatic heterocycles. The minimum Gasteiger partial charge on any atom is -0.457 e. The minimum atomic E-state index is -2.37. The van der Waals surface area contributed by atoms with E-state index in [2.05, 4.69) is 0 Å². The first-order valence-electron chi connectivity index (χ1n) is 6.75. The molecule has 2 aromatic carbocycles. The van der Waals surface area contributed by atoms with Gasteiger partial charge >= 0.3 is 8.03 Å². The predicted molar refractivity (Wildman–Crippen MR) is 84.5 cm³/mol. The van der Waals surface area contributed by atoms with Crippen LogP contribution in [-0.4, -0.2) is 10.9 Å². The van der Waals surface area contributed by atoms with Crippen molar-refractivity contribution in [3.05, 3.63) is 53.6 Å². The van der Waals surface area contributed by atoms with E-state index in [0.29, 0.717) is 22.4 Å². The normalized spacial score (nSPS) is 12.9. The first-order chi connectivity index (χ1) is 9.97. The van der Waals surface area contributed by atoms with Crippen LogP contribution in [0.25, 0.3) is 0 Å². The van der Waals surface area contributed by atoms with Crippen molar-refractivity contribution in [3.8, 4) is 11.5 Å². The average Bonchev–Trinajstić information content (AvgIpc) is 2.42. The molecule has 0 aliphatic rings. The number of benzene rings is 2. The molecule has 5 heteroatoms. The van der Waals surface area contributed by atoms with E-state index in [9.17, 15) is 9.46 Å². The summed E-state index contributed by atoms with van der Waals surface area (Å²) in [4.78, 5) is 9.26. The SMILES string of the molecule is Cc1c(Oc2ccc(CC(C)N)cc2)cccc1[P+](=O)O. The second-order valence-electron chi connectivity index (χ2n) is 5.10. The Labute approximate surface area is 125 Å². The van der Waals surface area contributed by atoms with Gasteiger partial charge in [-0.1, -0.05) is 18.2 Å². The van der Waals surface area contributed by atoms with E-state index in [1.54, 1.807) is 25.1 Å². The summed E-state index contributed by atoms with van der Waals surface area (Å²) in [6.45, 7) is 3.74. The van der Waals surface area contributed by atoms with Gasteiger partial charge in [-0.2, -0.15) is 4.89 Å². The van der Waals surface area contributed by atoms with Gasteiger partial charge in [-0.3, -0.25) is 0 Å². The molecule has 2 atom stereocenters. The van der Waals surface area contributed by atoms with E-state index >= 15 is 0 Å². The second-order valence-corrected chi connectivity index (χ2v) is 6.13. The lowest BCUT2D eigenvalue weighted by molar-refractivity contribution is 0.478. The van der Waals surface area contributed by atoms with Crippen LogP contribution in [0.4, 0.5) is 0 Å². The molecular formula is C16H19NO3P+. The Balaban J connectivity index is 2.19. The first-order valence-corrected chi connectivity index (χ1v) is 7.96. The fourth-order valence-corrected chi connectivity index (χ4v) is 2.72. The molecule has 2 unspecified atom stereocenters. The molecule has 0 fully saturated rings. The molecule has 2 aromatic rings. The minimum absolute atomic E-state index is 0.122. The highest BCUT2D eigenvalue weighted by Crippen LogP contribution is 2.28. The summed E-state index contributed by atoms with van der Waals surface area (Å²) < 4.78 is 17.0. The zero-order chi connectivity index (χ0) is 15.4. The van der Waals surface area contributed by atoms with Gasteiger partial charge in [-0.15, -0.1) is 0 Å². The summed E-state index contributed by atoms with van der Waals surface area (Å²) in [6, 6.07) is 13.0. The molecule has 2 rings (SSSR count). The van der Waals surface area contributed by atoms with Gasteiger partial charge in [-0.05, 0) is 54.7 Å². The van der Waals surface area contributed by atoms with E-state index < -0.39 is 8.03 Å². The van der Waals surface area contributed by atoms with Crippen LogP contribution in [0.5, 0.6) is 11.5 Å². The Kier molecular flexibility index (Phi) is 5.07. The predicted octanol–water partition coefficient (Wildman–Crippen LogP) is 3.04. The van der Waals surface area contributed by atoms with Gasteiger partial charge < -0.3 is 10.5 Å². The quantitative estimate of drug-likeness (QED) is 0.833. The Morgan fingerprint density at radius 1 is 1.24 bits per heavy atom. The van der Waals surface area contributed by atoms with E-state index in [4.69, 9.17) is 10.5 Å². The Hall–Kier alpha value is -1.74. The van der Waals surface area contributed by atoms with Crippen molar-refractivity contribution in [2.24, 2.45) is 5.73 Å². The van der Waals surface area contributed by atoms with E-state index in [0.717, 1.165) is 12.0 Å². The van der Waals surface area contributed by atoms with Crippen molar-refractivity contribution in [3.63, 3.8) is 0 Å². The van der Waals surface area contributed by atoms with E-state index in [-0.39, 0.29) is 6.04 Å². The number of ether oxygens (including phenoxy) is 1. The van der Waals surface area contributed by atoms with Gasteiger partial charge in [0.1, 0.15) is 11.5 Å². The lowest BCUT2D eigenvalue weighted by atomic mass is 10.1. The summed E-state index contributed by atoms with van der Waals surface area (Å²) in [6.07, 6.45) is 0.819. The van der Waals surface area contributed by atoms with Gasteiger partial charge in [0.05, 0.1) is 0 Å². The third-order valence-electron chi connectivity index (χ3n) is 3.17. The van der Waals surface area contributed by atoms with Crippen molar-refractivity contribution in [2.45, 2.75) is 26.3 Å². The van der Waals surface area contributed by atoms with E-state index in [1.807, 2.05) is 31.2 Å². The highest BCUT2D eigenvalue weighted by Gasteiger charge is 2.21. The molecular weight excluding hydrogens is 285 g/mol. The Morgan fingerprint density at radius 3 is 2.48 bits per heavy atom. The molecule has 4 nitrogen and oxygen atoms in total. The highest BCUT2D eigenvalue weighted by molar-refractivity contribution is 7.47. The fraction of sp³-hybridized carbons (Fsp3) is 0.250. The summed E-state index contributed by atoms with van der Waals surface area (Å²) in [5, 5.41) is 0.399.